The summed E-state index contributed by atoms with van der Waals surface area (Å²) >= 11 is 1.41. The highest BCUT2D eigenvalue weighted by atomic mass is 32.1. The summed E-state index contributed by atoms with van der Waals surface area (Å²) in [5, 5.41) is 3.96. The highest BCUT2D eigenvalue weighted by molar-refractivity contribution is 7.17. The van der Waals surface area contributed by atoms with Gasteiger partial charge in [0.25, 0.3) is 5.91 Å². The van der Waals surface area contributed by atoms with E-state index in [1.807, 2.05) is 43.0 Å². The lowest BCUT2D eigenvalue weighted by Crippen LogP contribution is -2.32. The first kappa shape index (κ1) is 17.7. The van der Waals surface area contributed by atoms with Crippen molar-refractivity contribution in [3.63, 3.8) is 0 Å². The Morgan fingerprint density at radius 3 is 3.00 bits per heavy atom. The second-order valence-electron chi connectivity index (χ2n) is 6.22. The minimum atomic E-state index is -0.0856. The molecule has 3 rings (SSSR count). The minimum Gasteiger partial charge on any atom is -0.497 e. The molecule has 0 unspecified atom stereocenters. The fraction of sp³-hybridized carbons (Fsp3) is 0.444. The number of hydrogen-bond donors (Lipinski definition) is 2. The average molecular weight is 360 g/mol. The third kappa shape index (κ3) is 3.62. The molecule has 1 aromatic carbocycles. The summed E-state index contributed by atoms with van der Waals surface area (Å²) in [6.07, 6.45) is 0. The quantitative estimate of drug-likeness (QED) is 0.856. The van der Waals surface area contributed by atoms with Gasteiger partial charge in [-0.25, -0.2) is 4.98 Å². The Labute approximate surface area is 152 Å². The van der Waals surface area contributed by atoms with Gasteiger partial charge in [0, 0.05) is 31.6 Å². The van der Waals surface area contributed by atoms with Gasteiger partial charge in [-0.3, -0.25) is 4.79 Å². The number of carbonyl (C=O) groups excluding carboxylic acids is 1. The average Bonchev–Trinajstić information content (AvgIpc) is 3.17. The number of benzene rings is 1. The Bertz CT molecular complexity index is 761. The Hall–Kier alpha value is -2.12. The van der Waals surface area contributed by atoms with Crippen LogP contribution in [0.5, 0.6) is 5.75 Å². The van der Waals surface area contributed by atoms with Gasteiger partial charge in [0.05, 0.1) is 12.8 Å². The Balaban J connectivity index is 1.77. The first-order chi connectivity index (χ1) is 12.0. The number of rotatable bonds is 5. The molecule has 0 radical (unpaired) electrons. The zero-order valence-electron chi connectivity index (χ0n) is 14.8. The largest absolute Gasteiger partial charge is 0.497 e. The van der Waals surface area contributed by atoms with E-state index >= 15 is 0 Å². The standard InChI is InChI=1S/C18H24N4O2S/c1-4-20-18-21-11(2)16(25-18)17(23)22-9-14(15(19)10-22)12-6-5-7-13(8-12)24-3/h5-8,14-15H,4,9-10,19H2,1-3H3,(H,20,21)/t14-,15+/m1/s1. The Kier molecular flexibility index (Phi) is 5.24. The molecule has 1 fully saturated rings. The van der Waals surface area contributed by atoms with Gasteiger partial charge in [0.1, 0.15) is 10.6 Å². The van der Waals surface area contributed by atoms with Crippen molar-refractivity contribution in [1.29, 1.82) is 0 Å². The SMILES string of the molecule is CCNc1nc(C)c(C(=O)N2C[C@H](c3cccc(OC)c3)[C@@H](N)C2)s1. The molecule has 1 aliphatic rings. The van der Waals surface area contributed by atoms with Gasteiger partial charge < -0.3 is 20.7 Å². The maximum atomic E-state index is 12.9. The fourth-order valence-electron chi connectivity index (χ4n) is 3.18. The normalized spacial score (nSPS) is 19.9. The van der Waals surface area contributed by atoms with Crippen LogP contribution in [0.15, 0.2) is 24.3 Å². The molecule has 0 spiro atoms. The summed E-state index contributed by atoms with van der Waals surface area (Å²) in [5.41, 5.74) is 8.22. The maximum Gasteiger partial charge on any atom is 0.266 e. The van der Waals surface area contributed by atoms with Crippen LogP contribution >= 0.6 is 11.3 Å². The van der Waals surface area contributed by atoms with Crippen molar-refractivity contribution < 1.29 is 9.53 Å². The summed E-state index contributed by atoms with van der Waals surface area (Å²) in [4.78, 5) is 19.9. The van der Waals surface area contributed by atoms with E-state index < -0.39 is 0 Å². The number of nitrogens with zero attached hydrogens (tertiary/aromatic N) is 2. The summed E-state index contributed by atoms with van der Waals surface area (Å²) in [7, 11) is 1.65. The van der Waals surface area contributed by atoms with Crippen LogP contribution in [0.25, 0.3) is 0 Å². The molecule has 3 N–H and O–H groups in total. The van der Waals surface area contributed by atoms with E-state index in [0.29, 0.717) is 18.0 Å². The molecule has 2 atom stereocenters. The molecule has 1 aromatic heterocycles. The lowest BCUT2D eigenvalue weighted by molar-refractivity contribution is 0.0793. The van der Waals surface area contributed by atoms with Crippen molar-refractivity contribution in [1.82, 2.24) is 9.88 Å². The smallest absolute Gasteiger partial charge is 0.266 e. The van der Waals surface area contributed by atoms with Crippen molar-refractivity contribution >= 4 is 22.4 Å². The molecule has 1 amide bonds. The zero-order valence-corrected chi connectivity index (χ0v) is 15.6. The molecule has 0 saturated carbocycles. The predicted molar refractivity (Wildman–Crippen MR) is 101 cm³/mol. The van der Waals surface area contributed by atoms with Gasteiger partial charge in [0.15, 0.2) is 5.13 Å². The molecule has 6 nitrogen and oxygen atoms in total. The van der Waals surface area contributed by atoms with Crippen molar-refractivity contribution in [3.05, 3.63) is 40.4 Å². The number of methoxy groups -OCH3 is 1. The summed E-state index contributed by atoms with van der Waals surface area (Å²) < 4.78 is 5.30. The fourth-order valence-corrected chi connectivity index (χ4v) is 4.19. The van der Waals surface area contributed by atoms with Gasteiger partial charge in [-0.05, 0) is 31.5 Å². The van der Waals surface area contributed by atoms with Crippen LogP contribution in [0.4, 0.5) is 5.13 Å². The van der Waals surface area contributed by atoms with Crippen molar-refractivity contribution in [2.45, 2.75) is 25.8 Å². The molecule has 7 heteroatoms. The lowest BCUT2D eigenvalue weighted by atomic mass is 9.95. The van der Waals surface area contributed by atoms with Gasteiger partial charge in [-0.2, -0.15) is 0 Å². The second-order valence-corrected chi connectivity index (χ2v) is 7.22. The highest BCUT2D eigenvalue weighted by Gasteiger charge is 2.35. The predicted octanol–water partition coefficient (Wildman–Crippen LogP) is 2.46. The topological polar surface area (TPSA) is 80.5 Å². The van der Waals surface area contributed by atoms with Crippen LogP contribution < -0.4 is 15.8 Å². The molecule has 2 aromatic rings. The number of carbonyl (C=O) groups is 1. The van der Waals surface area contributed by atoms with Crippen molar-refractivity contribution in [3.8, 4) is 5.75 Å². The van der Waals surface area contributed by atoms with E-state index in [1.165, 1.54) is 11.3 Å². The number of anilines is 1. The number of nitrogens with one attached hydrogen (secondary N) is 1. The summed E-state index contributed by atoms with van der Waals surface area (Å²) in [6.45, 7) is 5.83. The molecular formula is C18H24N4O2S. The lowest BCUT2D eigenvalue weighted by Gasteiger charge is -2.16. The molecular weight excluding hydrogens is 336 g/mol. The summed E-state index contributed by atoms with van der Waals surface area (Å²) in [6, 6.07) is 7.83. The van der Waals surface area contributed by atoms with Crippen LogP contribution in [0, 0.1) is 6.92 Å². The van der Waals surface area contributed by atoms with Crippen molar-refractivity contribution in [2.24, 2.45) is 5.73 Å². The van der Waals surface area contributed by atoms with Gasteiger partial charge in [0.2, 0.25) is 0 Å². The summed E-state index contributed by atoms with van der Waals surface area (Å²) in [5.74, 6) is 0.934. The van der Waals surface area contributed by atoms with E-state index in [9.17, 15) is 4.79 Å². The van der Waals surface area contributed by atoms with E-state index in [-0.39, 0.29) is 17.9 Å². The molecule has 25 heavy (non-hydrogen) atoms. The number of hydrogen-bond acceptors (Lipinski definition) is 6. The molecule has 1 saturated heterocycles. The number of aromatic nitrogens is 1. The maximum absolute atomic E-state index is 12.9. The third-order valence-electron chi connectivity index (χ3n) is 4.49. The molecule has 0 aliphatic carbocycles. The number of nitrogens with two attached hydrogens (primary N) is 1. The van der Waals surface area contributed by atoms with E-state index in [4.69, 9.17) is 10.5 Å². The second kappa shape index (κ2) is 7.41. The Morgan fingerprint density at radius 2 is 2.28 bits per heavy atom. The molecule has 1 aliphatic heterocycles. The number of thiazole rings is 1. The molecule has 134 valence electrons. The van der Waals surface area contributed by atoms with Crippen LogP contribution in [0.2, 0.25) is 0 Å². The van der Waals surface area contributed by atoms with E-state index in [1.54, 1.807) is 7.11 Å². The van der Waals surface area contributed by atoms with Crippen LogP contribution in [-0.2, 0) is 0 Å². The highest BCUT2D eigenvalue weighted by Crippen LogP contribution is 2.31. The Morgan fingerprint density at radius 1 is 1.48 bits per heavy atom. The number of amides is 1. The van der Waals surface area contributed by atoms with E-state index in [0.717, 1.165) is 28.7 Å². The first-order valence-corrected chi connectivity index (χ1v) is 9.25. The number of likely N-dealkylation sites (tertiary alicyclic amines) is 1. The first-order valence-electron chi connectivity index (χ1n) is 8.43. The van der Waals surface area contributed by atoms with Crippen LogP contribution in [0.1, 0.15) is 33.8 Å². The minimum absolute atomic E-state index is 0.0139. The third-order valence-corrected chi connectivity index (χ3v) is 5.60. The number of aryl methyl sites for hydroxylation is 1. The van der Waals surface area contributed by atoms with Gasteiger partial charge in [-0.15, -0.1) is 0 Å². The van der Waals surface area contributed by atoms with E-state index in [2.05, 4.69) is 10.3 Å². The van der Waals surface area contributed by atoms with Crippen molar-refractivity contribution in [2.75, 3.05) is 32.1 Å². The number of ether oxygens (including phenoxy) is 1. The molecule has 0 bridgehead atoms. The van der Waals surface area contributed by atoms with Gasteiger partial charge in [-0.1, -0.05) is 23.5 Å². The van der Waals surface area contributed by atoms with Crippen LogP contribution in [0.3, 0.4) is 0 Å². The zero-order chi connectivity index (χ0) is 18.0. The van der Waals surface area contributed by atoms with Gasteiger partial charge >= 0.3 is 0 Å². The van der Waals surface area contributed by atoms with Crippen LogP contribution in [-0.4, -0.2) is 48.6 Å². The molecule has 2 heterocycles. The monoisotopic (exact) mass is 360 g/mol.